The minimum atomic E-state index is -1.45. The molecule has 0 aliphatic heterocycles. The molecule has 0 amide bonds. The third-order valence-corrected chi connectivity index (χ3v) is 12.8. The molecule has 8 rings (SSSR count). The number of carbonyl (C=O) groups is 4. The second-order valence-corrected chi connectivity index (χ2v) is 16.7. The number of hydrogen-bond acceptors (Lipinski definition) is 8. The Bertz CT molecular complexity index is 2560. The first-order valence-electron chi connectivity index (χ1n) is 22.6. The highest BCUT2D eigenvalue weighted by molar-refractivity contribution is 6.10. The Morgan fingerprint density at radius 3 is 0.580 bits per heavy atom. The van der Waals surface area contributed by atoms with Crippen LogP contribution in [0, 0.1) is 5.41 Å². The summed E-state index contributed by atoms with van der Waals surface area (Å²) in [5.41, 5.74) is 5.41. The average Bonchev–Trinajstić information content (AvgIpc) is 3.42. The highest BCUT2D eigenvalue weighted by atomic mass is 16.5. The Balaban J connectivity index is 1.34. The predicted molar refractivity (Wildman–Crippen MR) is 267 cm³/mol. The van der Waals surface area contributed by atoms with Crippen molar-refractivity contribution >= 4 is 23.1 Å². The van der Waals surface area contributed by atoms with Gasteiger partial charge < -0.3 is 18.9 Å². The number of methoxy groups -OCH3 is 4. The van der Waals surface area contributed by atoms with Crippen molar-refractivity contribution in [1.29, 1.82) is 0 Å². The molecule has 8 heteroatoms. The van der Waals surface area contributed by atoms with E-state index in [-0.39, 0.29) is 23.1 Å². The van der Waals surface area contributed by atoms with Gasteiger partial charge in [-0.2, -0.15) is 0 Å². The van der Waals surface area contributed by atoms with Crippen LogP contribution in [0.25, 0.3) is 0 Å². The highest BCUT2D eigenvalue weighted by Gasteiger charge is 2.60. The normalized spacial score (nSPS) is 13.9. The second kappa shape index (κ2) is 21.9. The third kappa shape index (κ3) is 9.84. The van der Waals surface area contributed by atoms with E-state index in [1.54, 1.807) is 126 Å². The fourth-order valence-electron chi connectivity index (χ4n) is 9.60. The summed E-state index contributed by atoms with van der Waals surface area (Å²) in [5.74, 6) is -0.548. The van der Waals surface area contributed by atoms with Crippen LogP contribution in [0.1, 0.15) is 110 Å². The summed E-state index contributed by atoms with van der Waals surface area (Å²) in [6, 6.07) is 65.6. The summed E-state index contributed by atoms with van der Waals surface area (Å²) in [7, 11) is 6.44. The molecule has 0 saturated carbocycles. The van der Waals surface area contributed by atoms with E-state index in [0.29, 0.717) is 66.8 Å². The van der Waals surface area contributed by atoms with Gasteiger partial charge in [0.05, 0.1) is 29.8 Å². The van der Waals surface area contributed by atoms with Gasteiger partial charge in [0.1, 0.15) is 0 Å². The quantitative estimate of drug-likeness (QED) is 0.0696. The van der Waals surface area contributed by atoms with Gasteiger partial charge in [0.25, 0.3) is 0 Å². The molecule has 8 aromatic carbocycles. The number of carbonyl (C=O) groups excluding carboxylic acids is 4. The van der Waals surface area contributed by atoms with Crippen molar-refractivity contribution in [3.05, 3.63) is 285 Å². The maximum atomic E-state index is 13.7. The van der Waals surface area contributed by atoms with Gasteiger partial charge in [-0.25, -0.2) is 0 Å². The van der Waals surface area contributed by atoms with E-state index in [4.69, 9.17) is 18.9 Å². The first-order chi connectivity index (χ1) is 33.7. The minimum Gasteiger partial charge on any atom is -0.376 e. The zero-order chi connectivity index (χ0) is 48.3. The minimum absolute atomic E-state index is 0.137. The fraction of sp³-hybridized carbons (Fsp3) is 0.148. The molecule has 0 aliphatic carbocycles. The lowest BCUT2D eigenvalue weighted by molar-refractivity contribution is -0.232. The van der Waals surface area contributed by atoms with Crippen LogP contribution < -0.4 is 0 Å². The van der Waals surface area contributed by atoms with E-state index in [2.05, 4.69) is 0 Å². The van der Waals surface area contributed by atoms with Gasteiger partial charge in [0, 0.05) is 72.9 Å². The number of ketones is 4. The zero-order valence-electron chi connectivity index (χ0n) is 38.9. The lowest BCUT2D eigenvalue weighted by Crippen LogP contribution is -2.48. The Hall–Kier alpha value is -7.72. The first kappa shape index (κ1) is 47.8. The smallest absolute Gasteiger partial charge is 0.193 e. The molecule has 0 heterocycles. The van der Waals surface area contributed by atoms with Gasteiger partial charge in [0.15, 0.2) is 23.1 Å². The van der Waals surface area contributed by atoms with Crippen molar-refractivity contribution < 1.29 is 38.1 Å². The van der Waals surface area contributed by atoms with E-state index in [9.17, 15) is 19.2 Å². The SMILES string of the molecule is COC(c1ccc(C(=O)c2ccccc2)cc1)C(C(OC)c1ccc(C(=O)c2ccccc2)cc1)(C(OC)c1ccc(C(=O)c2ccccc2)cc1)C(OC)c1ccc(C(=O)c2ccccc2)cc1. The van der Waals surface area contributed by atoms with E-state index >= 15 is 0 Å². The van der Waals surface area contributed by atoms with Gasteiger partial charge in [-0.15, -0.1) is 0 Å². The Morgan fingerprint density at radius 1 is 0.261 bits per heavy atom. The van der Waals surface area contributed by atoms with E-state index < -0.39 is 29.8 Å². The molecular weight excluding hydrogens is 861 g/mol. The molecule has 4 unspecified atom stereocenters. The van der Waals surface area contributed by atoms with Crippen molar-refractivity contribution in [3.63, 3.8) is 0 Å². The second-order valence-electron chi connectivity index (χ2n) is 16.7. The number of rotatable bonds is 20. The van der Waals surface area contributed by atoms with Crippen LogP contribution in [0.3, 0.4) is 0 Å². The Kier molecular flexibility index (Phi) is 15.2. The van der Waals surface area contributed by atoms with Crippen LogP contribution in [0.5, 0.6) is 0 Å². The van der Waals surface area contributed by atoms with Crippen molar-refractivity contribution in [3.8, 4) is 0 Å². The molecular formula is C61H52O8. The fourth-order valence-corrected chi connectivity index (χ4v) is 9.60. The van der Waals surface area contributed by atoms with Crippen LogP contribution in [0.2, 0.25) is 0 Å². The Labute approximate surface area is 403 Å². The largest absolute Gasteiger partial charge is 0.376 e. The summed E-state index contributed by atoms with van der Waals surface area (Å²) in [6.07, 6.45) is -3.72. The average molecular weight is 913 g/mol. The van der Waals surface area contributed by atoms with Crippen LogP contribution in [-0.4, -0.2) is 51.6 Å². The van der Waals surface area contributed by atoms with Crippen molar-refractivity contribution in [2.75, 3.05) is 28.4 Å². The molecule has 0 aromatic heterocycles. The number of ether oxygens (including phenoxy) is 4. The molecule has 0 saturated heterocycles. The molecule has 69 heavy (non-hydrogen) atoms. The van der Waals surface area contributed by atoms with Gasteiger partial charge in [-0.3, -0.25) is 19.2 Å². The van der Waals surface area contributed by atoms with E-state index in [1.165, 1.54) is 0 Å². The predicted octanol–water partition coefficient (Wildman–Crippen LogP) is 12.4. The summed E-state index contributed by atoms with van der Waals surface area (Å²) in [6.45, 7) is 0. The number of hydrogen-bond donors (Lipinski definition) is 0. The molecule has 0 fully saturated rings. The summed E-state index contributed by atoms with van der Waals surface area (Å²) in [5, 5.41) is 0. The van der Waals surface area contributed by atoms with Crippen LogP contribution in [0.4, 0.5) is 0 Å². The van der Waals surface area contributed by atoms with Crippen molar-refractivity contribution in [2.24, 2.45) is 5.41 Å². The summed E-state index contributed by atoms with van der Waals surface area (Å²) < 4.78 is 27.1. The van der Waals surface area contributed by atoms with Crippen LogP contribution in [-0.2, 0) is 18.9 Å². The molecule has 0 aliphatic rings. The van der Waals surface area contributed by atoms with Gasteiger partial charge in [-0.1, -0.05) is 218 Å². The molecule has 0 radical (unpaired) electrons. The molecule has 0 N–H and O–H groups in total. The van der Waals surface area contributed by atoms with Crippen molar-refractivity contribution in [2.45, 2.75) is 24.4 Å². The first-order valence-corrected chi connectivity index (χ1v) is 22.6. The van der Waals surface area contributed by atoms with Crippen LogP contribution >= 0.6 is 0 Å². The Morgan fingerprint density at radius 2 is 0.420 bits per heavy atom. The molecule has 0 spiro atoms. The molecule has 0 bridgehead atoms. The standard InChI is InChI=1S/C61H52O8/c1-66-57(49-33-25-45(26-34-49)53(62)41-17-9-5-10-18-41)61(58(67-2)50-35-27-46(28-36-50)54(63)42-19-11-6-12-20-42,59(68-3)51-37-29-47(30-38-51)55(64)43-21-13-7-14-22-43)60(69-4)52-39-31-48(32-40-52)56(65)44-23-15-8-16-24-44/h5-40,57-60H,1-4H3. The molecule has 8 nitrogen and oxygen atoms in total. The lowest BCUT2D eigenvalue weighted by Gasteiger charge is -2.53. The number of benzene rings is 8. The van der Waals surface area contributed by atoms with Crippen molar-refractivity contribution in [1.82, 2.24) is 0 Å². The van der Waals surface area contributed by atoms with E-state index in [1.807, 2.05) is 121 Å². The van der Waals surface area contributed by atoms with Crippen LogP contribution in [0.15, 0.2) is 218 Å². The summed E-state index contributed by atoms with van der Waals surface area (Å²) >= 11 is 0. The third-order valence-electron chi connectivity index (χ3n) is 12.8. The summed E-state index contributed by atoms with van der Waals surface area (Å²) in [4.78, 5) is 55.0. The maximum absolute atomic E-state index is 13.7. The van der Waals surface area contributed by atoms with E-state index in [0.717, 1.165) is 0 Å². The highest BCUT2D eigenvalue weighted by Crippen LogP contribution is 2.64. The monoisotopic (exact) mass is 912 g/mol. The molecule has 344 valence electrons. The van der Waals surface area contributed by atoms with Gasteiger partial charge >= 0.3 is 0 Å². The molecule has 4 atom stereocenters. The zero-order valence-corrected chi connectivity index (χ0v) is 38.9. The topological polar surface area (TPSA) is 105 Å². The maximum Gasteiger partial charge on any atom is 0.193 e. The molecule has 8 aromatic rings. The van der Waals surface area contributed by atoms with Gasteiger partial charge in [-0.05, 0) is 22.3 Å². The lowest BCUT2D eigenvalue weighted by atomic mass is 9.61. The van der Waals surface area contributed by atoms with Gasteiger partial charge in [0.2, 0.25) is 0 Å².